The van der Waals surface area contributed by atoms with Crippen molar-refractivity contribution in [2.75, 3.05) is 0 Å². The summed E-state index contributed by atoms with van der Waals surface area (Å²) in [6, 6.07) is -0.678. The normalized spacial score (nSPS) is 22.1. The summed E-state index contributed by atoms with van der Waals surface area (Å²) in [5.74, 6) is 1.36. The zero-order valence-electron chi connectivity index (χ0n) is 25.9. The molecule has 10 nitrogen and oxygen atoms in total. The third-order valence-electron chi connectivity index (χ3n) is 7.22. The molecule has 0 bridgehead atoms. The van der Waals surface area contributed by atoms with Crippen LogP contribution in [-0.2, 0) is 19.2 Å². The number of aliphatic hydroxyl groups is 1. The third kappa shape index (κ3) is 22.6. The van der Waals surface area contributed by atoms with Crippen LogP contribution in [0.15, 0.2) is 0 Å². The van der Waals surface area contributed by atoms with Crippen LogP contribution in [0, 0.1) is 47.3 Å². The number of hydrogen-bond donors (Lipinski definition) is 6. The molecule has 0 radical (unpaired) electrons. The molecule has 0 aliphatic heterocycles. The highest BCUT2D eigenvalue weighted by Crippen LogP contribution is 2.46. The lowest BCUT2D eigenvalue weighted by Gasteiger charge is -2.07. The number of aliphatic carboxylic acids is 4. The highest BCUT2D eigenvalue weighted by Gasteiger charge is 2.40. The number of hydrogen-bond acceptors (Lipinski definition) is 6. The van der Waals surface area contributed by atoms with Crippen molar-refractivity contribution in [3.05, 3.63) is 0 Å². The first-order valence-corrected chi connectivity index (χ1v) is 14.6. The van der Waals surface area contributed by atoms with Gasteiger partial charge in [-0.05, 0) is 85.9 Å². The highest BCUT2D eigenvalue weighted by atomic mass is 16.4. The summed E-state index contributed by atoms with van der Waals surface area (Å²) in [6.07, 6.45) is 4.41. The van der Waals surface area contributed by atoms with Crippen LogP contribution in [0.4, 0.5) is 0 Å². The first-order chi connectivity index (χ1) is 18.3. The molecule has 10 heteroatoms. The fraction of sp³-hybridized carbons (Fsp3) is 0.867. The number of aliphatic hydroxyl groups excluding tert-OH is 1. The molecule has 2 saturated carbocycles. The van der Waals surface area contributed by atoms with Crippen molar-refractivity contribution in [1.29, 1.82) is 0 Å². The Hall–Kier alpha value is -2.20. The summed E-state index contributed by atoms with van der Waals surface area (Å²) in [5.41, 5.74) is 5.27. The van der Waals surface area contributed by atoms with Gasteiger partial charge in [-0.2, -0.15) is 0 Å². The Kier molecular flexibility index (Phi) is 20.6. The zero-order valence-corrected chi connectivity index (χ0v) is 25.9. The Balaban J connectivity index is 0. The van der Waals surface area contributed by atoms with Gasteiger partial charge in [0, 0.05) is 12.8 Å². The van der Waals surface area contributed by atoms with Crippen LogP contribution in [0.3, 0.4) is 0 Å². The van der Waals surface area contributed by atoms with Crippen LogP contribution in [0.1, 0.15) is 107 Å². The van der Waals surface area contributed by atoms with E-state index in [-0.39, 0.29) is 0 Å². The second-order valence-corrected chi connectivity index (χ2v) is 12.7. The van der Waals surface area contributed by atoms with E-state index in [9.17, 15) is 19.2 Å². The van der Waals surface area contributed by atoms with Crippen LogP contribution in [0.5, 0.6) is 0 Å². The fourth-order valence-electron chi connectivity index (χ4n) is 4.34. The second kappa shape index (κ2) is 20.6. The molecule has 0 aromatic rings. The molecule has 0 heterocycles. The molecule has 2 aliphatic carbocycles. The minimum absolute atomic E-state index is 0.354. The number of nitrogens with two attached hydrogens (primary N) is 1. The van der Waals surface area contributed by atoms with Crippen molar-refractivity contribution in [3.63, 3.8) is 0 Å². The molecule has 0 amide bonds. The Morgan fingerprint density at radius 3 is 1.20 bits per heavy atom. The molecule has 2 fully saturated rings. The van der Waals surface area contributed by atoms with Gasteiger partial charge in [-0.15, -0.1) is 0 Å². The summed E-state index contributed by atoms with van der Waals surface area (Å²) in [4.78, 5) is 40.7. The molecule has 236 valence electrons. The molecular formula is C30H57NO9. The van der Waals surface area contributed by atoms with Gasteiger partial charge in [0.1, 0.15) is 6.04 Å². The van der Waals surface area contributed by atoms with Crippen LogP contribution in [0.2, 0.25) is 0 Å². The second-order valence-electron chi connectivity index (χ2n) is 12.7. The van der Waals surface area contributed by atoms with E-state index in [1.165, 1.54) is 0 Å². The van der Waals surface area contributed by atoms with Crippen LogP contribution in [0.25, 0.3) is 0 Å². The van der Waals surface area contributed by atoms with E-state index in [1.807, 2.05) is 13.8 Å². The third-order valence-corrected chi connectivity index (χ3v) is 7.22. The van der Waals surface area contributed by atoms with Crippen LogP contribution < -0.4 is 5.73 Å². The highest BCUT2D eigenvalue weighted by molar-refractivity contribution is 5.73. The van der Waals surface area contributed by atoms with Gasteiger partial charge in [0.05, 0.1) is 0 Å². The van der Waals surface area contributed by atoms with Gasteiger partial charge in [-0.25, -0.2) is 4.79 Å². The molecular weight excluding hydrogens is 518 g/mol. The number of carboxylic acid groups (broad SMARTS) is 4. The molecule has 0 aromatic carbocycles. The minimum atomic E-state index is -1.18. The van der Waals surface area contributed by atoms with Gasteiger partial charge in [0.2, 0.25) is 0 Å². The quantitative estimate of drug-likeness (QED) is 0.160. The molecule has 40 heavy (non-hydrogen) atoms. The number of carbonyl (C=O) groups is 4. The topological polar surface area (TPSA) is 195 Å². The molecule has 0 saturated heterocycles. The van der Waals surface area contributed by atoms with E-state index < -0.39 is 36.0 Å². The van der Waals surface area contributed by atoms with Gasteiger partial charge in [-0.1, -0.05) is 55.4 Å². The molecule has 6 atom stereocenters. The van der Waals surface area contributed by atoms with Crippen LogP contribution in [-0.4, -0.2) is 61.6 Å². The molecule has 7 N–H and O–H groups in total. The summed E-state index contributed by atoms with van der Waals surface area (Å²) in [5, 5.41) is 42.2. The maximum atomic E-state index is 10.2. The SMILES string of the molecule is CC(C)C1CC1CC(=O)O.CC(C)C1CC1CC(=O)O.CC(C)CCC(N)C(=O)O.CC(C)CCC(O)C(=O)O. The average Bonchev–Trinajstić information content (AvgIpc) is 3.72. The van der Waals surface area contributed by atoms with Crippen molar-refractivity contribution in [3.8, 4) is 0 Å². The Labute approximate surface area is 240 Å². The van der Waals surface area contributed by atoms with Gasteiger partial charge in [-0.3, -0.25) is 14.4 Å². The number of carboxylic acids is 4. The monoisotopic (exact) mass is 575 g/mol. The largest absolute Gasteiger partial charge is 0.481 e. The Morgan fingerprint density at radius 2 is 0.975 bits per heavy atom. The first kappa shape index (κ1) is 39.9. The average molecular weight is 576 g/mol. The van der Waals surface area contributed by atoms with E-state index in [2.05, 4.69) is 41.5 Å². The standard InChI is InChI=1S/2C8H14O2.C7H15NO2.C7H14O3/c2*1-5(2)7-3-6(7)4-8(9)10;2*1-5(2)3-4-6(8)7(9)10/h2*5-7H,3-4H2,1-2H3,(H,9,10);5-6H,3-4,8H2,1-2H3,(H,9,10);5-6,8H,3-4H2,1-2H3,(H,9,10). The van der Waals surface area contributed by atoms with Crippen LogP contribution >= 0.6 is 0 Å². The van der Waals surface area contributed by atoms with Gasteiger partial charge in [0.15, 0.2) is 6.10 Å². The van der Waals surface area contributed by atoms with Gasteiger partial charge < -0.3 is 31.3 Å². The van der Waals surface area contributed by atoms with Crippen molar-refractivity contribution in [2.45, 2.75) is 119 Å². The smallest absolute Gasteiger partial charge is 0.332 e. The van der Waals surface area contributed by atoms with Crippen molar-refractivity contribution in [1.82, 2.24) is 0 Å². The van der Waals surface area contributed by atoms with E-state index in [0.717, 1.165) is 25.7 Å². The Bertz CT molecular complexity index is 689. The molecule has 2 aliphatic rings. The number of rotatable bonds is 14. The van der Waals surface area contributed by atoms with Crippen molar-refractivity contribution < 1.29 is 44.7 Å². The lowest BCUT2D eigenvalue weighted by Crippen LogP contribution is -2.30. The summed E-state index contributed by atoms with van der Waals surface area (Å²) in [7, 11) is 0. The Morgan fingerprint density at radius 1 is 0.625 bits per heavy atom. The molecule has 0 aromatic heterocycles. The fourth-order valence-corrected chi connectivity index (χ4v) is 4.34. The molecule has 2 rings (SSSR count). The molecule has 6 unspecified atom stereocenters. The van der Waals surface area contributed by atoms with Crippen molar-refractivity contribution in [2.24, 2.45) is 53.1 Å². The maximum absolute atomic E-state index is 10.2. The minimum Gasteiger partial charge on any atom is -0.481 e. The van der Waals surface area contributed by atoms with Crippen molar-refractivity contribution >= 4 is 23.9 Å². The predicted molar refractivity (Wildman–Crippen MR) is 155 cm³/mol. The lowest BCUT2D eigenvalue weighted by atomic mass is 10.0. The van der Waals surface area contributed by atoms with E-state index >= 15 is 0 Å². The summed E-state index contributed by atoms with van der Waals surface area (Å²) < 4.78 is 0. The maximum Gasteiger partial charge on any atom is 0.332 e. The van der Waals surface area contributed by atoms with Gasteiger partial charge >= 0.3 is 23.9 Å². The van der Waals surface area contributed by atoms with E-state index in [0.29, 0.717) is 73.0 Å². The summed E-state index contributed by atoms with van der Waals surface area (Å²) >= 11 is 0. The summed E-state index contributed by atoms with van der Waals surface area (Å²) in [6.45, 7) is 16.7. The van der Waals surface area contributed by atoms with E-state index in [4.69, 9.17) is 31.3 Å². The molecule has 0 spiro atoms. The first-order valence-electron chi connectivity index (χ1n) is 14.6. The zero-order chi connectivity index (χ0) is 31.7. The van der Waals surface area contributed by atoms with Gasteiger partial charge in [0.25, 0.3) is 0 Å². The van der Waals surface area contributed by atoms with E-state index in [1.54, 1.807) is 0 Å². The lowest BCUT2D eigenvalue weighted by molar-refractivity contribution is -0.147. The predicted octanol–water partition coefficient (Wildman–Crippen LogP) is 5.21.